The van der Waals surface area contributed by atoms with Gasteiger partial charge in [-0.25, -0.2) is 4.79 Å². The van der Waals surface area contributed by atoms with Gasteiger partial charge in [0.25, 0.3) is 0 Å². The van der Waals surface area contributed by atoms with Gasteiger partial charge >= 0.3 is 5.97 Å². The minimum absolute atomic E-state index is 0.297. The van der Waals surface area contributed by atoms with Crippen LogP contribution in [0.4, 0.5) is 0 Å². The first-order chi connectivity index (χ1) is 6.52. The van der Waals surface area contributed by atoms with E-state index in [1.165, 1.54) is 6.42 Å². The predicted octanol–water partition coefficient (Wildman–Crippen LogP) is 1.89. The number of carbonyl (C=O) groups is 1. The SMILES string of the molecule is C=C(CN1C(C)CCCC1C)C(=O)O. The second kappa shape index (κ2) is 4.60. The Kier molecular flexibility index (Phi) is 3.69. The van der Waals surface area contributed by atoms with Crippen molar-refractivity contribution in [3.63, 3.8) is 0 Å². The number of hydrogen-bond donors (Lipinski definition) is 1. The van der Waals surface area contributed by atoms with Gasteiger partial charge in [-0.15, -0.1) is 0 Å². The van der Waals surface area contributed by atoms with E-state index >= 15 is 0 Å². The van der Waals surface area contributed by atoms with Crippen LogP contribution in [-0.2, 0) is 4.79 Å². The number of carboxylic acids is 1. The topological polar surface area (TPSA) is 40.5 Å². The Balaban J connectivity index is 2.56. The Bertz CT molecular complexity index is 227. The predicted molar refractivity (Wildman–Crippen MR) is 56.3 cm³/mol. The Morgan fingerprint density at radius 3 is 2.36 bits per heavy atom. The van der Waals surface area contributed by atoms with Crippen LogP contribution in [0.3, 0.4) is 0 Å². The van der Waals surface area contributed by atoms with Gasteiger partial charge in [-0.1, -0.05) is 13.0 Å². The second-order valence-electron chi connectivity index (χ2n) is 4.21. The summed E-state index contributed by atoms with van der Waals surface area (Å²) in [6.07, 6.45) is 3.58. The maximum atomic E-state index is 10.7. The van der Waals surface area contributed by atoms with E-state index in [-0.39, 0.29) is 0 Å². The third kappa shape index (κ3) is 2.58. The van der Waals surface area contributed by atoms with Crippen molar-refractivity contribution < 1.29 is 9.90 Å². The number of hydrogen-bond acceptors (Lipinski definition) is 2. The van der Waals surface area contributed by atoms with Crippen LogP contribution in [0, 0.1) is 0 Å². The van der Waals surface area contributed by atoms with Crippen LogP contribution in [-0.4, -0.2) is 34.6 Å². The van der Waals surface area contributed by atoms with E-state index in [1.54, 1.807) is 0 Å². The summed E-state index contributed by atoms with van der Waals surface area (Å²) < 4.78 is 0. The average molecular weight is 197 g/mol. The minimum atomic E-state index is -0.880. The van der Waals surface area contributed by atoms with Crippen LogP contribution in [0.5, 0.6) is 0 Å². The lowest BCUT2D eigenvalue weighted by Crippen LogP contribution is -2.45. The summed E-state index contributed by atoms with van der Waals surface area (Å²) in [7, 11) is 0. The molecule has 0 amide bonds. The monoisotopic (exact) mass is 197 g/mol. The third-order valence-corrected chi connectivity index (χ3v) is 3.05. The molecule has 1 saturated heterocycles. The van der Waals surface area contributed by atoms with Crippen molar-refractivity contribution in [2.45, 2.75) is 45.2 Å². The maximum Gasteiger partial charge on any atom is 0.332 e. The van der Waals surface area contributed by atoms with Crippen LogP contribution in [0.15, 0.2) is 12.2 Å². The summed E-state index contributed by atoms with van der Waals surface area (Å²) in [4.78, 5) is 12.9. The molecule has 0 radical (unpaired) electrons. The molecular formula is C11H19NO2. The molecule has 1 rings (SSSR count). The fourth-order valence-electron chi connectivity index (χ4n) is 2.07. The molecule has 1 aliphatic rings. The smallest absolute Gasteiger partial charge is 0.332 e. The highest BCUT2D eigenvalue weighted by molar-refractivity contribution is 5.86. The molecule has 0 aromatic carbocycles. The zero-order valence-electron chi connectivity index (χ0n) is 8.99. The number of piperidine rings is 1. The van der Waals surface area contributed by atoms with Gasteiger partial charge in [0.1, 0.15) is 0 Å². The fraction of sp³-hybridized carbons (Fsp3) is 0.727. The largest absolute Gasteiger partial charge is 0.478 e. The number of carboxylic acid groups (broad SMARTS) is 1. The molecule has 80 valence electrons. The van der Waals surface area contributed by atoms with Crippen molar-refractivity contribution in [1.82, 2.24) is 4.90 Å². The lowest BCUT2D eigenvalue weighted by Gasteiger charge is -2.38. The normalized spacial score (nSPS) is 28.7. The molecule has 2 atom stereocenters. The Labute approximate surface area is 85.4 Å². The lowest BCUT2D eigenvalue weighted by molar-refractivity contribution is -0.133. The van der Waals surface area contributed by atoms with Gasteiger partial charge in [0.15, 0.2) is 0 Å². The van der Waals surface area contributed by atoms with Gasteiger partial charge in [-0.2, -0.15) is 0 Å². The molecule has 0 spiro atoms. The molecule has 1 fully saturated rings. The molecule has 0 bridgehead atoms. The van der Waals surface area contributed by atoms with Crippen molar-refractivity contribution in [1.29, 1.82) is 0 Å². The molecule has 1 aliphatic heterocycles. The van der Waals surface area contributed by atoms with E-state index < -0.39 is 5.97 Å². The molecule has 3 heteroatoms. The summed E-state index contributed by atoms with van der Waals surface area (Å²) in [5, 5.41) is 8.76. The van der Waals surface area contributed by atoms with Crippen molar-refractivity contribution in [2.24, 2.45) is 0 Å². The third-order valence-electron chi connectivity index (χ3n) is 3.05. The highest BCUT2D eigenvalue weighted by atomic mass is 16.4. The summed E-state index contributed by atoms with van der Waals surface area (Å²) in [5.74, 6) is -0.880. The van der Waals surface area contributed by atoms with Gasteiger partial charge in [0.05, 0.1) is 0 Å². The fourth-order valence-corrected chi connectivity index (χ4v) is 2.07. The van der Waals surface area contributed by atoms with Gasteiger partial charge in [0, 0.05) is 24.2 Å². The van der Waals surface area contributed by atoms with Crippen molar-refractivity contribution >= 4 is 5.97 Å². The number of likely N-dealkylation sites (tertiary alicyclic amines) is 1. The molecule has 2 unspecified atom stereocenters. The van der Waals surface area contributed by atoms with E-state index in [9.17, 15) is 4.79 Å². The quantitative estimate of drug-likeness (QED) is 0.702. The summed E-state index contributed by atoms with van der Waals surface area (Å²) in [6, 6.07) is 0.963. The average Bonchev–Trinajstić information content (AvgIpc) is 2.11. The van der Waals surface area contributed by atoms with Gasteiger partial charge in [-0.3, -0.25) is 4.90 Å². The zero-order valence-corrected chi connectivity index (χ0v) is 8.99. The van der Waals surface area contributed by atoms with E-state index in [4.69, 9.17) is 5.11 Å². The molecule has 0 saturated carbocycles. The summed E-state index contributed by atoms with van der Waals surface area (Å²) in [6.45, 7) is 8.39. The molecule has 0 aromatic heterocycles. The molecular weight excluding hydrogens is 178 g/mol. The van der Waals surface area contributed by atoms with Gasteiger partial charge in [-0.05, 0) is 26.7 Å². The molecule has 3 nitrogen and oxygen atoms in total. The Morgan fingerprint density at radius 2 is 1.93 bits per heavy atom. The number of nitrogens with zero attached hydrogens (tertiary/aromatic N) is 1. The van der Waals surface area contributed by atoms with Crippen LogP contribution in [0.25, 0.3) is 0 Å². The summed E-state index contributed by atoms with van der Waals surface area (Å²) >= 11 is 0. The lowest BCUT2D eigenvalue weighted by atomic mass is 9.97. The van der Waals surface area contributed by atoms with E-state index in [1.807, 2.05) is 0 Å². The Morgan fingerprint density at radius 1 is 1.43 bits per heavy atom. The van der Waals surface area contributed by atoms with E-state index in [0.717, 1.165) is 12.8 Å². The minimum Gasteiger partial charge on any atom is -0.478 e. The molecule has 0 aromatic rings. The maximum absolute atomic E-state index is 10.7. The van der Waals surface area contributed by atoms with Gasteiger partial charge in [0.2, 0.25) is 0 Å². The highest BCUT2D eigenvalue weighted by Crippen LogP contribution is 2.22. The molecule has 14 heavy (non-hydrogen) atoms. The van der Waals surface area contributed by atoms with Crippen LogP contribution in [0.2, 0.25) is 0 Å². The second-order valence-corrected chi connectivity index (χ2v) is 4.21. The van der Waals surface area contributed by atoms with Crippen molar-refractivity contribution in [2.75, 3.05) is 6.54 Å². The molecule has 0 aliphatic carbocycles. The van der Waals surface area contributed by atoms with Crippen LogP contribution < -0.4 is 0 Å². The number of rotatable bonds is 3. The first-order valence-electron chi connectivity index (χ1n) is 5.19. The Hall–Kier alpha value is -0.830. The van der Waals surface area contributed by atoms with Crippen LogP contribution >= 0.6 is 0 Å². The van der Waals surface area contributed by atoms with Gasteiger partial charge < -0.3 is 5.11 Å². The van der Waals surface area contributed by atoms with E-state index in [2.05, 4.69) is 25.3 Å². The van der Waals surface area contributed by atoms with Crippen molar-refractivity contribution in [3.8, 4) is 0 Å². The first-order valence-corrected chi connectivity index (χ1v) is 5.19. The van der Waals surface area contributed by atoms with E-state index in [0.29, 0.717) is 24.2 Å². The molecule has 1 N–H and O–H groups in total. The molecule has 1 heterocycles. The highest BCUT2D eigenvalue weighted by Gasteiger charge is 2.25. The summed E-state index contributed by atoms with van der Waals surface area (Å²) in [5.41, 5.74) is 0.297. The van der Waals surface area contributed by atoms with Crippen molar-refractivity contribution in [3.05, 3.63) is 12.2 Å². The number of aliphatic carboxylic acids is 1. The zero-order chi connectivity index (χ0) is 10.7. The first kappa shape index (κ1) is 11.2. The standard InChI is InChI=1S/C11H19NO2/c1-8(11(13)14)7-12-9(2)5-4-6-10(12)3/h9-10H,1,4-7H2,2-3H3,(H,13,14). The van der Waals surface area contributed by atoms with Crippen LogP contribution in [0.1, 0.15) is 33.1 Å².